The molecule has 14 heteroatoms. The molecule has 50 heavy (non-hydrogen) atoms. The summed E-state index contributed by atoms with van der Waals surface area (Å²) in [6.45, 7) is 3.83. The Bertz CT molecular complexity index is 2080. The third kappa shape index (κ3) is 7.58. The molecule has 0 radical (unpaired) electrons. The summed E-state index contributed by atoms with van der Waals surface area (Å²) in [6.07, 6.45) is 0. The molecule has 1 unspecified atom stereocenters. The van der Waals surface area contributed by atoms with Crippen molar-refractivity contribution in [2.75, 3.05) is 24.4 Å². The van der Waals surface area contributed by atoms with Crippen LogP contribution in [0.2, 0.25) is 10.0 Å². The maximum Gasteiger partial charge on any atom is 0.255 e. The number of carbonyl (C=O) groups excluding carboxylic acids is 1. The lowest BCUT2D eigenvalue weighted by Crippen LogP contribution is -2.31. The zero-order valence-electron chi connectivity index (χ0n) is 27.1. The number of hydrogen-bond acceptors (Lipinski definition) is 8. The zero-order chi connectivity index (χ0) is 35.4. The Morgan fingerprint density at radius 1 is 1.04 bits per heavy atom. The fourth-order valence-corrected chi connectivity index (χ4v) is 7.36. The van der Waals surface area contributed by atoms with E-state index < -0.39 is 11.9 Å². The number of nitrogens with zero attached hydrogens (tertiary/aromatic N) is 3. The van der Waals surface area contributed by atoms with Crippen LogP contribution in [0.5, 0.6) is 17.2 Å². The molecule has 0 spiro atoms. The first kappa shape index (κ1) is 35.6. The van der Waals surface area contributed by atoms with Gasteiger partial charge in [0.25, 0.3) is 5.91 Å². The van der Waals surface area contributed by atoms with Gasteiger partial charge in [-0.2, -0.15) is 4.98 Å². The number of rotatable bonds is 12. The van der Waals surface area contributed by atoms with Gasteiger partial charge in [0, 0.05) is 22.0 Å². The van der Waals surface area contributed by atoms with Crippen molar-refractivity contribution in [3.8, 4) is 17.2 Å². The predicted molar refractivity (Wildman–Crippen MR) is 198 cm³/mol. The second-order valence-corrected chi connectivity index (χ2v) is 13.6. The standard InChI is InChI=1S/C36H31BrCl2FN5O4S/c1-4-48-30-17-22(16-24(37)33(30)49-18-23-26(39)12-9-13-27(23)40)32-31(34(46)42-28-14-7-8-15-29(28)47-3)20(2)41-35-43-36(44-45(32)35)50-19-21-10-5-6-11-25(21)38/h5-17,32H,4,18-19H2,1-3H3,(H,42,46)(H,41,43,44). The summed E-state index contributed by atoms with van der Waals surface area (Å²) in [5, 5.41) is 12.5. The van der Waals surface area contributed by atoms with Crippen LogP contribution < -0.4 is 24.8 Å². The minimum Gasteiger partial charge on any atom is -0.495 e. The number of halogens is 4. The fourth-order valence-electron chi connectivity index (χ4n) is 5.45. The Balaban J connectivity index is 1.41. The molecule has 0 fully saturated rings. The molecular weight excluding hydrogens is 768 g/mol. The molecule has 1 aliphatic rings. The Morgan fingerprint density at radius 2 is 1.80 bits per heavy atom. The lowest BCUT2D eigenvalue weighted by molar-refractivity contribution is -0.113. The average Bonchev–Trinajstić information content (AvgIpc) is 3.50. The van der Waals surface area contributed by atoms with Crippen molar-refractivity contribution in [1.29, 1.82) is 0 Å². The number of amides is 1. The normalized spacial score (nSPS) is 13.8. The number of ether oxygens (including phenoxy) is 3. The molecule has 1 aromatic heterocycles. The first-order valence-electron chi connectivity index (χ1n) is 15.4. The number of allylic oxidation sites excluding steroid dienone is 1. The van der Waals surface area contributed by atoms with E-state index in [1.165, 1.54) is 23.9 Å². The monoisotopic (exact) mass is 797 g/mol. The lowest BCUT2D eigenvalue weighted by Gasteiger charge is -2.29. The van der Waals surface area contributed by atoms with E-state index in [4.69, 9.17) is 47.5 Å². The number of aromatic nitrogens is 3. The Kier molecular flexibility index (Phi) is 11.2. The quantitative estimate of drug-likeness (QED) is 0.121. The van der Waals surface area contributed by atoms with E-state index in [9.17, 15) is 9.18 Å². The Hall–Kier alpha value is -4.23. The highest BCUT2D eigenvalue weighted by atomic mass is 79.9. The summed E-state index contributed by atoms with van der Waals surface area (Å²) < 4.78 is 34.4. The van der Waals surface area contributed by atoms with Crippen molar-refractivity contribution >= 4 is 68.4 Å². The van der Waals surface area contributed by atoms with Gasteiger partial charge in [0.1, 0.15) is 24.2 Å². The zero-order valence-corrected chi connectivity index (χ0v) is 31.0. The number of para-hydroxylation sites is 2. The smallest absolute Gasteiger partial charge is 0.255 e. The maximum absolute atomic E-state index is 14.6. The van der Waals surface area contributed by atoms with Gasteiger partial charge in [-0.25, -0.2) is 9.07 Å². The molecule has 0 bridgehead atoms. The van der Waals surface area contributed by atoms with Crippen LogP contribution in [0.15, 0.2) is 99.8 Å². The van der Waals surface area contributed by atoms with Crippen LogP contribution in [0, 0.1) is 5.82 Å². The highest BCUT2D eigenvalue weighted by Gasteiger charge is 2.36. The number of fused-ring (bicyclic) bond motifs is 1. The number of methoxy groups -OCH3 is 1. The number of thioether (sulfide) groups is 1. The molecule has 0 saturated carbocycles. The van der Waals surface area contributed by atoms with Gasteiger partial charge >= 0.3 is 0 Å². The number of nitrogens with one attached hydrogen (secondary N) is 2. The van der Waals surface area contributed by atoms with Crippen LogP contribution >= 0.6 is 50.9 Å². The third-order valence-corrected chi connectivity index (χ3v) is 10.0. The van der Waals surface area contributed by atoms with Gasteiger partial charge in [-0.05, 0) is 83.4 Å². The summed E-state index contributed by atoms with van der Waals surface area (Å²) in [7, 11) is 1.54. The van der Waals surface area contributed by atoms with Crippen LogP contribution in [0.3, 0.4) is 0 Å². The van der Waals surface area contributed by atoms with Crippen molar-refractivity contribution in [1.82, 2.24) is 14.8 Å². The molecule has 258 valence electrons. The van der Waals surface area contributed by atoms with Crippen molar-refractivity contribution in [3.63, 3.8) is 0 Å². The van der Waals surface area contributed by atoms with E-state index in [1.54, 1.807) is 36.1 Å². The van der Waals surface area contributed by atoms with E-state index in [0.717, 1.165) is 5.56 Å². The Labute approximate surface area is 311 Å². The predicted octanol–water partition coefficient (Wildman–Crippen LogP) is 9.69. The molecule has 1 aliphatic heterocycles. The number of anilines is 2. The summed E-state index contributed by atoms with van der Waals surface area (Å²) in [6, 6.07) is 22.1. The first-order chi connectivity index (χ1) is 24.2. The van der Waals surface area contributed by atoms with Crippen LogP contribution in [0.25, 0.3) is 0 Å². The summed E-state index contributed by atoms with van der Waals surface area (Å²) in [5.41, 5.74) is 3.28. The molecule has 0 saturated heterocycles. The molecule has 4 aromatic carbocycles. The minimum absolute atomic E-state index is 0.137. The number of benzene rings is 4. The van der Waals surface area contributed by atoms with E-state index in [0.29, 0.717) is 72.7 Å². The second-order valence-electron chi connectivity index (χ2n) is 11.0. The number of carbonyl (C=O) groups is 1. The summed E-state index contributed by atoms with van der Waals surface area (Å²) >= 11 is 17.8. The van der Waals surface area contributed by atoms with Crippen molar-refractivity contribution < 1.29 is 23.4 Å². The van der Waals surface area contributed by atoms with Gasteiger partial charge in [-0.1, -0.05) is 71.4 Å². The topological polar surface area (TPSA) is 99.5 Å². The van der Waals surface area contributed by atoms with E-state index >= 15 is 0 Å². The lowest BCUT2D eigenvalue weighted by atomic mass is 9.94. The van der Waals surface area contributed by atoms with Gasteiger partial charge in [0.2, 0.25) is 11.1 Å². The largest absolute Gasteiger partial charge is 0.495 e. The maximum atomic E-state index is 14.6. The molecular formula is C36H31BrCl2FN5O4S. The molecule has 1 amide bonds. The van der Waals surface area contributed by atoms with Crippen molar-refractivity contribution in [3.05, 3.63) is 127 Å². The van der Waals surface area contributed by atoms with Crippen molar-refractivity contribution in [2.24, 2.45) is 0 Å². The molecule has 5 aromatic rings. The second kappa shape index (κ2) is 15.8. The molecule has 1 atom stereocenters. The average molecular weight is 800 g/mol. The number of hydrogen-bond donors (Lipinski definition) is 2. The van der Waals surface area contributed by atoms with Gasteiger partial charge in [0.05, 0.1) is 34.5 Å². The summed E-state index contributed by atoms with van der Waals surface area (Å²) in [4.78, 5) is 19.0. The molecule has 2 N–H and O–H groups in total. The fraction of sp³-hybridized carbons (Fsp3) is 0.194. The van der Waals surface area contributed by atoms with Crippen LogP contribution in [0.4, 0.5) is 16.0 Å². The summed E-state index contributed by atoms with van der Waals surface area (Å²) in [5.74, 6) is 1.37. The van der Waals surface area contributed by atoms with Gasteiger partial charge in [0.15, 0.2) is 11.5 Å². The van der Waals surface area contributed by atoms with E-state index in [-0.39, 0.29) is 23.1 Å². The molecule has 2 heterocycles. The SMILES string of the molecule is CCOc1cc(C2C(C(=O)Nc3ccccc3OC)=C(C)Nc3nc(SCc4ccccc4Cl)nn32)cc(Br)c1OCc1c(F)cccc1Cl. The van der Waals surface area contributed by atoms with E-state index in [1.807, 2.05) is 56.3 Å². The minimum atomic E-state index is -0.756. The van der Waals surface area contributed by atoms with Gasteiger partial charge < -0.3 is 24.8 Å². The van der Waals surface area contributed by atoms with Gasteiger partial charge in [-0.15, -0.1) is 5.10 Å². The van der Waals surface area contributed by atoms with Crippen LogP contribution in [-0.4, -0.2) is 34.4 Å². The molecule has 6 rings (SSSR count). The van der Waals surface area contributed by atoms with E-state index in [2.05, 4.69) is 26.6 Å². The highest BCUT2D eigenvalue weighted by molar-refractivity contribution is 9.10. The first-order valence-corrected chi connectivity index (χ1v) is 18.0. The molecule has 0 aliphatic carbocycles. The molecule has 9 nitrogen and oxygen atoms in total. The third-order valence-electron chi connectivity index (χ3n) is 7.82. The van der Waals surface area contributed by atoms with Crippen LogP contribution in [0.1, 0.15) is 36.6 Å². The highest BCUT2D eigenvalue weighted by Crippen LogP contribution is 2.44. The van der Waals surface area contributed by atoms with Crippen molar-refractivity contribution in [2.45, 2.75) is 37.4 Å². The van der Waals surface area contributed by atoms with Gasteiger partial charge in [-0.3, -0.25) is 4.79 Å². The Morgan fingerprint density at radius 3 is 2.56 bits per heavy atom. The van der Waals surface area contributed by atoms with Crippen LogP contribution in [-0.2, 0) is 17.2 Å².